The van der Waals surface area contributed by atoms with Crippen LogP contribution in [0.25, 0.3) is 5.57 Å². The fourth-order valence-electron chi connectivity index (χ4n) is 2.32. The molecule has 3 heteroatoms. The van der Waals surface area contributed by atoms with Crippen LogP contribution >= 0.6 is 15.9 Å². The van der Waals surface area contributed by atoms with Crippen LogP contribution in [0.4, 0.5) is 0 Å². The van der Waals surface area contributed by atoms with Gasteiger partial charge in [-0.2, -0.15) is 0 Å². The first kappa shape index (κ1) is 13.3. The molecule has 1 unspecified atom stereocenters. The van der Waals surface area contributed by atoms with E-state index in [1.165, 1.54) is 0 Å². The highest BCUT2D eigenvalue weighted by molar-refractivity contribution is 9.10. The molecule has 0 bridgehead atoms. The second-order valence-electron chi connectivity index (χ2n) is 5.10. The van der Waals surface area contributed by atoms with Crippen LogP contribution in [-0.2, 0) is 4.79 Å². The van der Waals surface area contributed by atoms with E-state index < -0.39 is 5.97 Å². The normalized spacial score (nSPS) is 16.3. The molecule has 96 valence electrons. The molecule has 1 N–H and O–H groups in total. The Bertz CT molecular complexity index is 489. The molecule has 1 aromatic rings. The van der Waals surface area contributed by atoms with Crippen molar-refractivity contribution in [1.29, 1.82) is 0 Å². The topological polar surface area (TPSA) is 37.3 Å². The number of allylic oxidation sites excluding steroid dienone is 1. The van der Waals surface area contributed by atoms with E-state index in [2.05, 4.69) is 28.6 Å². The van der Waals surface area contributed by atoms with Crippen LogP contribution in [0.15, 0.2) is 29.3 Å². The quantitative estimate of drug-likeness (QED) is 0.872. The van der Waals surface area contributed by atoms with Gasteiger partial charge in [-0.1, -0.05) is 34.1 Å². The number of hydrogen-bond donors (Lipinski definition) is 1. The number of carbonyl (C=O) groups is 1. The van der Waals surface area contributed by atoms with Crippen LogP contribution in [0.1, 0.15) is 43.2 Å². The van der Waals surface area contributed by atoms with Gasteiger partial charge < -0.3 is 5.11 Å². The summed E-state index contributed by atoms with van der Waals surface area (Å²) in [5.41, 5.74) is 3.20. The molecule has 0 saturated heterocycles. The number of benzene rings is 1. The van der Waals surface area contributed by atoms with Gasteiger partial charge in [-0.15, -0.1) is 0 Å². The zero-order valence-corrected chi connectivity index (χ0v) is 12.0. The van der Waals surface area contributed by atoms with Crippen molar-refractivity contribution in [2.75, 3.05) is 0 Å². The van der Waals surface area contributed by atoms with Crippen LogP contribution in [-0.4, -0.2) is 11.1 Å². The van der Waals surface area contributed by atoms with E-state index in [-0.39, 0.29) is 12.3 Å². The lowest BCUT2D eigenvalue weighted by Gasteiger charge is -2.16. The van der Waals surface area contributed by atoms with E-state index in [4.69, 9.17) is 5.11 Å². The lowest BCUT2D eigenvalue weighted by molar-refractivity contribution is -0.137. The Morgan fingerprint density at radius 3 is 2.67 bits per heavy atom. The van der Waals surface area contributed by atoms with Crippen LogP contribution < -0.4 is 0 Å². The number of halogens is 1. The van der Waals surface area contributed by atoms with Crippen molar-refractivity contribution >= 4 is 27.5 Å². The zero-order valence-electron chi connectivity index (χ0n) is 10.4. The fraction of sp³-hybridized carbons (Fsp3) is 0.400. The predicted octanol–water partition coefficient (Wildman–Crippen LogP) is 4.45. The highest BCUT2D eigenvalue weighted by Crippen LogP contribution is 2.45. The molecule has 1 aliphatic carbocycles. The van der Waals surface area contributed by atoms with E-state index >= 15 is 0 Å². The molecule has 0 spiro atoms. The molecule has 2 rings (SSSR count). The zero-order chi connectivity index (χ0) is 13.3. The average Bonchev–Trinajstić information content (AvgIpc) is 3.08. The van der Waals surface area contributed by atoms with Crippen molar-refractivity contribution < 1.29 is 9.90 Å². The Kier molecular flexibility index (Phi) is 3.91. The maximum atomic E-state index is 11.0. The number of carboxylic acid groups (broad SMARTS) is 1. The van der Waals surface area contributed by atoms with Gasteiger partial charge in [0.15, 0.2) is 0 Å². The van der Waals surface area contributed by atoms with Crippen LogP contribution in [0.2, 0.25) is 0 Å². The predicted molar refractivity (Wildman–Crippen MR) is 76.6 cm³/mol. The van der Waals surface area contributed by atoms with Gasteiger partial charge in [-0.3, -0.25) is 4.79 Å². The number of aliphatic carboxylic acids is 1. The molecule has 0 aromatic heterocycles. The third-order valence-corrected chi connectivity index (χ3v) is 3.88. The smallest absolute Gasteiger partial charge is 0.303 e. The van der Waals surface area contributed by atoms with Crippen molar-refractivity contribution in [2.45, 2.75) is 32.1 Å². The summed E-state index contributed by atoms with van der Waals surface area (Å²) in [6.45, 7) is 5.92. The van der Waals surface area contributed by atoms with Crippen LogP contribution in [0.5, 0.6) is 0 Å². The molecule has 1 saturated carbocycles. The highest BCUT2D eigenvalue weighted by atomic mass is 79.9. The molecule has 1 aliphatic rings. The van der Waals surface area contributed by atoms with Crippen LogP contribution in [0.3, 0.4) is 0 Å². The van der Waals surface area contributed by atoms with E-state index in [0.717, 1.165) is 34.0 Å². The molecule has 0 radical (unpaired) electrons. The minimum Gasteiger partial charge on any atom is -0.481 e. The third kappa shape index (κ3) is 3.22. The van der Waals surface area contributed by atoms with E-state index in [0.29, 0.717) is 5.92 Å². The summed E-state index contributed by atoms with van der Waals surface area (Å²) < 4.78 is 0.994. The van der Waals surface area contributed by atoms with Gasteiger partial charge >= 0.3 is 5.97 Å². The Balaban J connectivity index is 2.34. The van der Waals surface area contributed by atoms with E-state index in [1.54, 1.807) is 0 Å². The second kappa shape index (κ2) is 5.27. The van der Waals surface area contributed by atoms with E-state index in [1.807, 2.05) is 19.1 Å². The maximum Gasteiger partial charge on any atom is 0.303 e. The summed E-state index contributed by atoms with van der Waals surface area (Å²) in [5.74, 6) is -0.0461. The molecule has 0 aliphatic heterocycles. The third-order valence-electron chi connectivity index (χ3n) is 3.43. The van der Waals surface area contributed by atoms with Crippen molar-refractivity contribution in [3.05, 3.63) is 40.4 Å². The average molecular weight is 309 g/mol. The fourth-order valence-corrected chi connectivity index (χ4v) is 2.83. The highest BCUT2D eigenvalue weighted by Gasteiger charge is 2.33. The van der Waals surface area contributed by atoms with Crippen molar-refractivity contribution in [1.82, 2.24) is 0 Å². The molecule has 1 atom stereocenters. The first-order chi connectivity index (χ1) is 8.47. The first-order valence-electron chi connectivity index (χ1n) is 6.15. The van der Waals surface area contributed by atoms with Crippen molar-refractivity contribution in [2.24, 2.45) is 5.92 Å². The van der Waals surface area contributed by atoms with Crippen molar-refractivity contribution in [3.8, 4) is 0 Å². The van der Waals surface area contributed by atoms with Gasteiger partial charge in [0.1, 0.15) is 0 Å². The van der Waals surface area contributed by atoms with Gasteiger partial charge in [0.2, 0.25) is 0 Å². The minimum absolute atomic E-state index is 0.137. The summed E-state index contributed by atoms with van der Waals surface area (Å²) in [4.78, 5) is 11.0. The SMILES string of the molecule is C=C(C)c1cc(Br)cc(C(CC(=O)O)C2CC2)c1. The molecule has 18 heavy (non-hydrogen) atoms. The summed E-state index contributed by atoms with van der Waals surface area (Å²) in [6.07, 6.45) is 2.51. The van der Waals surface area contributed by atoms with Crippen molar-refractivity contribution in [3.63, 3.8) is 0 Å². The minimum atomic E-state index is -0.719. The number of hydrogen-bond acceptors (Lipinski definition) is 1. The number of carboxylic acids is 1. The Morgan fingerprint density at radius 2 is 2.17 bits per heavy atom. The second-order valence-corrected chi connectivity index (χ2v) is 6.01. The summed E-state index contributed by atoms with van der Waals surface area (Å²) in [6, 6.07) is 6.15. The van der Waals surface area contributed by atoms with Crippen LogP contribution in [0, 0.1) is 5.92 Å². The lowest BCUT2D eigenvalue weighted by atomic mass is 9.89. The van der Waals surface area contributed by atoms with Gasteiger partial charge in [0.25, 0.3) is 0 Å². The van der Waals surface area contributed by atoms with E-state index in [9.17, 15) is 4.79 Å². The summed E-state index contributed by atoms with van der Waals surface area (Å²) in [7, 11) is 0. The Hall–Kier alpha value is -1.09. The molecule has 2 nitrogen and oxygen atoms in total. The molecule has 1 aromatic carbocycles. The molecular weight excluding hydrogens is 292 g/mol. The summed E-state index contributed by atoms with van der Waals surface area (Å²) >= 11 is 3.50. The molecule has 0 amide bonds. The first-order valence-corrected chi connectivity index (χ1v) is 6.95. The van der Waals surface area contributed by atoms with Gasteiger partial charge in [0.05, 0.1) is 6.42 Å². The molecule has 0 heterocycles. The standard InChI is InChI=1S/C15H17BrO2/c1-9(2)11-5-12(7-13(16)6-11)14(8-15(17)18)10-3-4-10/h5-7,10,14H,1,3-4,8H2,2H3,(H,17,18). The summed E-state index contributed by atoms with van der Waals surface area (Å²) in [5, 5.41) is 9.04. The monoisotopic (exact) mass is 308 g/mol. The molecular formula is C15H17BrO2. The Labute approximate surface area is 116 Å². The lowest BCUT2D eigenvalue weighted by Crippen LogP contribution is -2.08. The Morgan fingerprint density at radius 1 is 1.50 bits per heavy atom. The largest absolute Gasteiger partial charge is 0.481 e. The van der Waals surface area contributed by atoms with Gasteiger partial charge in [-0.25, -0.2) is 0 Å². The van der Waals surface area contributed by atoms with Gasteiger partial charge in [0, 0.05) is 4.47 Å². The maximum absolute atomic E-state index is 11.0. The molecule has 1 fully saturated rings. The number of rotatable bonds is 5. The van der Waals surface area contributed by atoms with Gasteiger partial charge in [-0.05, 0) is 54.9 Å².